The molecule has 0 aromatic heterocycles. The molecule has 1 fully saturated rings. The van der Waals surface area contributed by atoms with Crippen molar-refractivity contribution in [2.75, 3.05) is 19.6 Å². The van der Waals surface area contributed by atoms with Crippen LogP contribution in [-0.4, -0.2) is 32.4 Å². The maximum atomic E-state index is 11.0. The molecule has 0 aliphatic carbocycles. The van der Waals surface area contributed by atoms with Crippen molar-refractivity contribution in [2.45, 2.75) is 13.3 Å². The number of hydrogen-bond acceptors (Lipinski definition) is 2. The van der Waals surface area contributed by atoms with Gasteiger partial charge in [0.25, 0.3) is 10.2 Å². The molecule has 10 heavy (non-hydrogen) atoms. The molecule has 1 aliphatic heterocycles. The summed E-state index contributed by atoms with van der Waals surface area (Å²) in [6.07, 6.45) is 0.991. The highest BCUT2D eigenvalue weighted by molar-refractivity contribution is 7.87. The molecule has 0 radical (unpaired) electrons. The predicted molar refractivity (Wildman–Crippen MR) is 38.8 cm³/mol. The molecule has 0 atom stereocenters. The third-order valence-corrected chi connectivity index (χ3v) is 3.18. The van der Waals surface area contributed by atoms with Gasteiger partial charge < -0.3 is 0 Å². The van der Waals surface area contributed by atoms with Gasteiger partial charge in [-0.25, -0.2) is 4.72 Å². The van der Waals surface area contributed by atoms with Crippen LogP contribution in [-0.2, 0) is 10.2 Å². The summed E-state index contributed by atoms with van der Waals surface area (Å²) < 4.78 is 25.9. The summed E-state index contributed by atoms with van der Waals surface area (Å²) in [4.78, 5) is 0. The fourth-order valence-corrected chi connectivity index (χ4v) is 2.09. The average molecular weight is 164 g/mol. The van der Waals surface area contributed by atoms with Gasteiger partial charge in [-0.05, 0) is 6.42 Å². The van der Waals surface area contributed by atoms with Crippen LogP contribution in [0, 0.1) is 0 Å². The molecule has 0 bridgehead atoms. The van der Waals surface area contributed by atoms with Crippen LogP contribution >= 0.6 is 0 Å². The highest BCUT2D eigenvalue weighted by Gasteiger charge is 2.26. The van der Waals surface area contributed by atoms with Crippen LogP contribution in [0.3, 0.4) is 0 Å². The molecule has 0 aromatic carbocycles. The van der Waals surface area contributed by atoms with Gasteiger partial charge in [-0.2, -0.15) is 12.7 Å². The minimum absolute atomic E-state index is 0.471. The van der Waals surface area contributed by atoms with Crippen LogP contribution in [0.1, 0.15) is 13.3 Å². The van der Waals surface area contributed by atoms with E-state index < -0.39 is 10.2 Å². The molecule has 1 N–H and O–H groups in total. The SMILES string of the molecule is CCNS(=O)(=O)N1CCC1. The minimum Gasteiger partial charge on any atom is -0.202 e. The lowest BCUT2D eigenvalue weighted by Crippen LogP contribution is -2.48. The van der Waals surface area contributed by atoms with Crippen molar-refractivity contribution < 1.29 is 8.42 Å². The summed E-state index contributed by atoms with van der Waals surface area (Å²) in [5.74, 6) is 0. The minimum atomic E-state index is -3.09. The Morgan fingerprint density at radius 1 is 1.50 bits per heavy atom. The second-order valence-corrected chi connectivity index (χ2v) is 4.01. The Bertz CT molecular complexity index is 196. The van der Waals surface area contributed by atoms with E-state index in [4.69, 9.17) is 0 Å². The number of nitrogens with one attached hydrogen (secondary N) is 1. The monoisotopic (exact) mass is 164 g/mol. The third-order valence-electron chi connectivity index (χ3n) is 1.48. The Balaban J connectivity index is 2.50. The van der Waals surface area contributed by atoms with Crippen LogP contribution in [0.15, 0.2) is 0 Å². The molecule has 60 valence electrons. The van der Waals surface area contributed by atoms with Crippen molar-refractivity contribution >= 4 is 10.2 Å². The topological polar surface area (TPSA) is 49.4 Å². The first-order chi connectivity index (χ1) is 4.67. The van der Waals surface area contributed by atoms with E-state index >= 15 is 0 Å². The van der Waals surface area contributed by atoms with Crippen molar-refractivity contribution in [3.05, 3.63) is 0 Å². The Morgan fingerprint density at radius 2 is 2.10 bits per heavy atom. The molecule has 0 unspecified atom stereocenters. The Kier molecular flexibility index (Phi) is 2.28. The van der Waals surface area contributed by atoms with E-state index in [1.165, 1.54) is 4.31 Å². The second kappa shape index (κ2) is 2.86. The summed E-state index contributed by atoms with van der Waals surface area (Å²) in [7, 11) is -3.09. The van der Waals surface area contributed by atoms with Crippen molar-refractivity contribution in [1.82, 2.24) is 9.03 Å². The van der Waals surface area contributed by atoms with Gasteiger partial charge in [0.05, 0.1) is 0 Å². The van der Waals surface area contributed by atoms with E-state index in [-0.39, 0.29) is 0 Å². The van der Waals surface area contributed by atoms with Gasteiger partial charge in [-0.15, -0.1) is 0 Å². The predicted octanol–water partition coefficient (Wildman–Crippen LogP) is -0.454. The molecule has 1 saturated heterocycles. The summed E-state index contributed by atoms with van der Waals surface area (Å²) >= 11 is 0. The standard InChI is InChI=1S/C5H12N2O2S/c1-2-6-10(8,9)7-4-3-5-7/h6H,2-5H2,1H3. The second-order valence-electron chi connectivity index (χ2n) is 2.26. The highest BCUT2D eigenvalue weighted by Crippen LogP contribution is 2.09. The first-order valence-corrected chi connectivity index (χ1v) is 4.85. The van der Waals surface area contributed by atoms with E-state index in [1.54, 1.807) is 6.92 Å². The molecule has 1 rings (SSSR count). The number of nitrogens with zero attached hydrogens (tertiary/aromatic N) is 1. The van der Waals surface area contributed by atoms with Crippen LogP contribution in [0.2, 0.25) is 0 Å². The van der Waals surface area contributed by atoms with Crippen molar-refractivity contribution in [3.63, 3.8) is 0 Å². The van der Waals surface area contributed by atoms with E-state index in [0.717, 1.165) is 6.42 Å². The van der Waals surface area contributed by atoms with E-state index in [1.807, 2.05) is 0 Å². The first kappa shape index (κ1) is 7.97. The van der Waals surface area contributed by atoms with Gasteiger partial charge in [-0.1, -0.05) is 6.92 Å². The first-order valence-electron chi connectivity index (χ1n) is 3.41. The number of hydrogen-bond donors (Lipinski definition) is 1. The van der Waals surface area contributed by atoms with Crippen molar-refractivity contribution in [1.29, 1.82) is 0 Å². The van der Waals surface area contributed by atoms with Gasteiger partial charge >= 0.3 is 0 Å². The lowest BCUT2D eigenvalue weighted by atomic mass is 10.3. The lowest BCUT2D eigenvalue weighted by Gasteiger charge is -2.29. The van der Waals surface area contributed by atoms with Crippen LogP contribution in [0.4, 0.5) is 0 Å². The van der Waals surface area contributed by atoms with Crippen LogP contribution < -0.4 is 4.72 Å². The van der Waals surface area contributed by atoms with Gasteiger partial charge in [0.1, 0.15) is 0 Å². The third kappa shape index (κ3) is 1.47. The van der Waals surface area contributed by atoms with E-state index in [0.29, 0.717) is 19.6 Å². The summed E-state index contributed by atoms with van der Waals surface area (Å²) in [5.41, 5.74) is 0. The van der Waals surface area contributed by atoms with E-state index in [2.05, 4.69) is 4.72 Å². The van der Waals surface area contributed by atoms with Crippen LogP contribution in [0.5, 0.6) is 0 Å². The van der Waals surface area contributed by atoms with Gasteiger partial charge in [-0.3, -0.25) is 0 Å². The molecule has 5 heteroatoms. The van der Waals surface area contributed by atoms with Crippen LogP contribution in [0.25, 0.3) is 0 Å². The summed E-state index contributed by atoms with van der Waals surface area (Å²) in [5, 5.41) is 0. The molecule has 0 spiro atoms. The largest absolute Gasteiger partial charge is 0.279 e. The van der Waals surface area contributed by atoms with Gasteiger partial charge in [0.2, 0.25) is 0 Å². The summed E-state index contributed by atoms with van der Waals surface area (Å²) in [6, 6.07) is 0. The lowest BCUT2D eigenvalue weighted by molar-refractivity contribution is 0.305. The highest BCUT2D eigenvalue weighted by atomic mass is 32.2. The fraction of sp³-hybridized carbons (Fsp3) is 1.00. The van der Waals surface area contributed by atoms with E-state index in [9.17, 15) is 8.42 Å². The Morgan fingerprint density at radius 3 is 2.40 bits per heavy atom. The smallest absolute Gasteiger partial charge is 0.202 e. The maximum Gasteiger partial charge on any atom is 0.279 e. The maximum absolute atomic E-state index is 11.0. The zero-order valence-electron chi connectivity index (χ0n) is 6.00. The van der Waals surface area contributed by atoms with Crippen molar-refractivity contribution in [3.8, 4) is 0 Å². The fourth-order valence-electron chi connectivity index (χ4n) is 0.801. The molecule has 0 amide bonds. The normalized spacial score (nSPS) is 20.5. The molecule has 1 heterocycles. The quantitative estimate of drug-likeness (QED) is 0.614. The zero-order chi connectivity index (χ0) is 7.61. The Labute approximate surface area is 61.4 Å². The molecular formula is C5H12N2O2S. The Hall–Kier alpha value is -0.130. The summed E-state index contributed by atoms with van der Waals surface area (Å²) in [6.45, 7) is 3.60. The van der Waals surface area contributed by atoms with Gasteiger partial charge in [0, 0.05) is 19.6 Å². The van der Waals surface area contributed by atoms with Gasteiger partial charge in [0.15, 0.2) is 0 Å². The molecule has 0 saturated carbocycles. The number of rotatable bonds is 3. The average Bonchev–Trinajstić information content (AvgIpc) is 1.56. The van der Waals surface area contributed by atoms with Crippen molar-refractivity contribution in [2.24, 2.45) is 0 Å². The zero-order valence-corrected chi connectivity index (χ0v) is 6.82. The molecule has 0 aromatic rings. The molecule has 4 nitrogen and oxygen atoms in total. The molecule has 1 aliphatic rings. The molecular weight excluding hydrogens is 152 g/mol.